The van der Waals surface area contributed by atoms with Crippen LogP contribution in [0.15, 0.2) is 71.9 Å². The van der Waals surface area contributed by atoms with Crippen LogP contribution in [0.1, 0.15) is 40.4 Å². The van der Waals surface area contributed by atoms with Gasteiger partial charge in [0.15, 0.2) is 11.6 Å². The standard InChI is InChI=1S/C24H20FN3O3/c1-15(16-10-11-21(31-2)20(25)13-16)27-14-19-17-7-3-4-8-18(17)23(29)28(24(19)30)22-9-5-6-12-26-22/h3-15,19H,1-2H3/t15-,19?/m0/s1. The summed E-state index contributed by atoms with van der Waals surface area (Å²) in [5.74, 6) is -1.68. The largest absolute Gasteiger partial charge is 0.494 e. The number of amides is 2. The predicted octanol–water partition coefficient (Wildman–Crippen LogP) is 4.33. The predicted molar refractivity (Wildman–Crippen MR) is 115 cm³/mol. The van der Waals surface area contributed by atoms with Crippen molar-refractivity contribution < 1.29 is 18.7 Å². The Kier molecular flexibility index (Phi) is 5.58. The number of hydrogen-bond donors (Lipinski definition) is 0. The van der Waals surface area contributed by atoms with E-state index in [1.807, 2.05) is 0 Å². The number of methoxy groups -OCH3 is 1. The van der Waals surface area contributed by atoms with E-state index in [1.165, 1.54) is 25.6 Å². The van der Waals surface area contributed by atoms with E-state index in [4.69, 9.17) is 4.74 Å². The number of hydrogen-bond acceptors (Lipinski definition) is 5. The van der Waals surface area contributed by atoms with Crippen molar-refractivity contribution in [1.29, 1.82) is 0 Å². The second-order valence-electron chi connectivity index (χ2n) is 7.10. The summed E-state index contributed by atoms with van der Waals surface area (Å²) in [6.07, 6.45) is 3.05. The molecular weight excluding hydrogens is 397 g/mol. The average molecular weight is 417 g/mol. The zero-order valence-electron chi connectivity index (χ0n) is 17.0. The minimum absolute atomic E-state index is 0.154. The fourth-order valence-electron chi connectivity index (χ4n) is 3.55. The van der Waals surface area contributed by atoms with E-state index in [0.717, 1.165) is 4.90 Å². The average Bonchev–Trinajstić information content (AvgIpc) is 2.79. The normalized spacial score (nSPS) is 17.0. The highest BCUT2D eigenvalue weighted by molar-refractivity contribution is 6.28. The number of aromatic nitrogens is 1. The molecule has 0 spiro atoms. The number of anilines is 1. The highest BCUT2D eigenvalue weighted by Crippen LogP contribution is 2.32. The number of benzene rings is 2. The summed E-state index contributed by atoms with van der Waals surface area (Å²) in [6.45, 7) is 1.80. The molecule has 156 valence electrons. The molecule has 3 aromatic rings. The monoisotopic (exact) mass is 417 g/mol. The van der Waals surface area contributed by atoms with Crippen LogP contribution in [-0.4, -0.2) is 30.1 Å². The molecule has 6 nitrogen and oxygen atoms in total. The van der Waals surface area contributed by atoms with Gasteiger partial charge in [-0.1, -0.05) is 30.3 Å². The van der Waals surface area contributed by atoms with Crippen LogP contribution in [0, 0.1) is 5.82 Å². The second kappa shape index (κ2) is 8.47. The lowest BCUT2D eigenvalue weighted by atomic mass is 9.89. The molecule has 0 bridgehead atoms. The summed E-state index contributed by atoms with van der Waals surface area (Å²) in [4.78, 5) is 36.0. The summed E-state index contributed by atoms with van der Waals surface area (Å²) >= 11 is 0. The van der Waals surface area contributed by atoms with Crippen LogP contribution in [-0.2, 0) is 4.79 Å². The van der Waals surface area contributed by atoms with Crippen molar-refractivity contribution in [3.8, 4) is 5.75 Å². The zero-order valence-corrected chi connectivity index (χ0v) is 17.0. The van der Waals surface area contributed by atoms with Gasteiger partial charge >= 0.3 is 0 Å². The number of nitrogens with zero attached hydrogens (tertiary/aromatic N) is 3. The van der Waals surface area contributed by atoms with Gasteiger partial charge in [0.25, 0.3) is 5.91 Å². The smallest absolute Gasteiger partial charge is 0.266 e. The first-order chi connectivity index (χ1) is 15.0. The zero-order chi connectivity index (χ0) is 22.0. The van der Waals surface area contributed by atoms with Gasteiger partial charge in [0.2, 0.25) is 5.91 Å². The Morgan fingerprint density at radius 1 is 1.13 bits per heavy atom. The molecule has 1 unspecified atom stereocenters. The fourth-order valence-corrected chi connectivity index (χ4v) is 3.55. The van der Waals surface area contributed by atoms with Crippen LogP contribution in [0.4, 0.5) is 10.2 Å². The van der Waals surface area contributed by atoms with Crippen LogP contribution >= 0.6 is 0 Å². The van der Waals surface area contributed by atoms with Crippen molar-refractivity contribution >= 4 is 23.8 Å². The van der Waals surface area contributed by atoms with Gasteiger partial charge in [-0.3, -0.25) is 14.6 Å². The SMILES string of the molecule is COc1ccc([C@H](C)N=CC2C(=O)N(c3ccccn3)C(=O)c3ccccc32)cc1F. The molecule has 7 heteroatoms. The Balaban J connectivity index is 1.69. The van der Waals surface area contributed by atoms with Gasteiger partial charge in [-0.15, -0.1) is 0 Å². The van der Waals surface area contributed by atoms with E-state index in [2.05, 4.69) is 9.98 Å². The molecule has 2 amide bonds. The summed E-state index contributed by atoms with van der Waals surface area (Å²) < 4.78 is 19.0. The summed E-state index contributed by atoms with van der Waals surface area (Å²) in [5, 5.41) is 0. The van der Waals surface area contributed by atoms with Gasteiger partial charge in [0.1, 0.15) is 5.82 Å². The van der Waals surface area contributed by atoms with Gasteiger partial charge in [-0.2, -0.15) is 0 Å². The fraction of sp³-hybridized carbons (Fsp3) is 0.167. The van der Waals surface area contributed by atoms with Gasteiger partial charge < -0.3 is 4.74 Å². The van der Waals surface area contributed by atoms with E-state index in [1.54, 1.807) is 61.5 Å². The van der Waals surface area contributed by atoms with Crippen molar-refractivity contribution in [2.75, 3.05) is 12.0 Å². The molecule has 0 fully saturated rings. The van der Waals surface area contributed by atoms with Gasteiger partial charge in [-0.05, 0) is 48.4 Å². The Hall–Kier alpha value is -3.87. The molecule has 4 rings (SSSR count). The van der Waals surface area contributed by atoms with Crippen molar-refractivity contribution in [3.05, 3.63) is 89.4 Å². The maximum Gasteiger partial charge on any atom is 0.266 e. The van der Waals surface area contributed by atoms with E-state index < -0.39 is 29.6 Å². The molecule has 0 N–H and O–H groups in total. The number of ether oxygens (including phenoxy) is 1. The number of fused-ring (bicyclic) bond motifs is 1. The maximum absolute atomic E-state index is 14.1. The van der Waals surface area contributed by atoms with Crippen LogP contribution < -0.4 is 9.64 Å². The van der Waals surface area contributed by atoms with E-state index in [-0.39, 0.29) is 11.6 Å². The first-order valence-corrected chi connectivity index (χ1v) is 9.76. The number of pyridine rings is 1. The number of rotatable bonds is 5. The molecule has 0 radical (unpaired) electrons. The Morgan fingerprint density at radius 2 is 1.90 bits per heavy atom. The van der Waals surface area contributed by atoms with E-state index in [9.17, 15) is 14.0 Å². The molecule has 0 saturated heterocycles. The molecule has 2 heterocycles. The number of carbonyl (C=O) groups is 2. The van der Waals surface area contributed by atoms with Gasteiger partial charge in [0.05, 0.1) is 19.1 Å². The van der Waals surface area contributed by atoms with E-state index in [0.29, 0.717) is 16.7 Å². The third-order valence-corrected chi connectivity index (χ3v) is 5.21. The minimum Gasteiger partial charge on any atom is -0.494 e. The highest BCUT2D eigenvalue weighted by atomic mass is 19.1. The molecule has 31 heavy (non-hydrogen) atoms. The summed E-state index contributed by atoms with van der Waals surface area (Å²) in [5.41, 5.74) is 1.65. The minimum atomic E-state index is -0.763. The van der Waals surface area contributed by atoms with Crippen LogP contribution in [0.2, 0.25) is 0 Å². The number of carbonyl (C=O) groups excluding carboxylic acids is 2. The Labute approximate surface area is 179 Å². The first kappa shape index (κ1) is 20.4. The molecule has 1 aliphatic rings. The lowest BCUT2D eigenvalue weighted by molar-refractivity contribution is -0.118. The third kappa shape index (κ3) is 3.82. The molecule has 1 aromatic heterocycles. The second-order valence-corrected chi connectivity index (χ2v) is 7.10. The molecule has 2 aromatic carbocycles. The maximum atomic E-state index is 14.1. The molecule has 2 atom stereocenters. The Morgan fingerprint density at radius 3 is 2.61 bits per heavy atom. The lowest BCUT2D eigenvalue weighted by Gasteiger charge is -2.30. The summed E-state index contributed by atoms with van der Waals surface area (Å²) in [6, 6.07) is 16.2. The molecule has 1 aliphatic heterocycles. The Bertz CT molecular complexity index is 1160. The number of imide groups is 1. The van der Waals surface area contributed by atoms with Crippen LogP contribution in [0.5, 0.6) is 5.75 Å². The van der Waals surface area contributed by atoms with Crippen LogP contribution in [0.3, 0.4) is 0 Å². The van der Waals surface area contributed by atoms with Gasteiger partial charge in [0, 0.05) is 18.0 Å². The number of aliphatic imine (C=N–C) groups is 1. The van der Waals surface area contributed by atoms with Crippen molar-refractivity contribution in [3.63, 3.8) is 0 Å². The van der Waals surface area contributed by atoms with E-state index >= 15 is 0 Å². The summed E-state index contributed by atoms with van der Waals surface area (Å²) in [7, 11) is 1.40. The topological polar surface area (TPSA) is 71.9 Å². The van der Waals surface area contributed by atoms with Crippen molar-refractivity contribution in [1.82, 2.24) is 4.98 Å². The highest BCUT2D eigenvalue weighted by Gasteiger charge is 2.39. The number of halogens is 1. The lowest BCUT2D eigenvalue weighted by Crippen LogP contribution is -2.46. The first-order valence-electron chi connectivity index (χ1n) is 9.76. The third-order valence-electron chi connectivity index (χ3n) is 5.21. The quantitative estimate of drug-likeness (QED) is 0.458. The molecule has 0 saturated carbocycles. The van der Waals surface area contributed by atoms with Crippen LogP contribution in [0.25, 0.3) is 0 Å². The van der Waals surface area contributed by atoms with Crippen molar-refractivity contribution in [2.24, 2.45) is 4.99 Å². The molecular formula is C24H20FN3O3. The van der Waals surface area contributed by atoms with Gasteiger partial charge in [-0.25, -0.2) is 14.3 Å². The van der Waals surface area contributed by atoms with Crippen molar-refractivity contribution in [2.45, 2.75) is 18.9 Å². The molecule has 0 aliphatic carbocycles.